The Kier molecular flexibility index (Phi) is 4.54. The van der Waals surface area contributed by atoms with Gasteiger partial charge in [0.05, 0.1) is 18.8 Å². The van der Waals surface area contributed by atoms with Crippen molar-refractivity contribution in [2.45, 2.75) is 39.4 Å². The maximum absolute atomic E-state index is 11.8. The summed E-state index contributed by atoms with van der Waals surface area (Å²) in [6.07, 6.45) is 0.377. The summed E-state index contributed by atoms with van der Waals surface area (Å²) in [6, 6.07) is 0. The fourth-order valence-corrected chi connectivity index (χ4v) is 1.83. The number of hydrogen-bond acceptors (Lipinski definition) is 3. The third-order valence-corrected chi connectivity index (χ3v) is 2.47. The maximum atomic E-state index is 11.8. The monoisotopic (exact) mass is 215 g/mol. The predicted molar refractivity (Wildman–Crippen MR) is 57.5 cm³/mol. The second-order valence-corrected chi connectivity index (χ2v) is 4.65. The Balaban J connectivity index is 2.50. The summed E-state index contributed by atoms with van der Waals surface area (Å²) in [7, 11) is 0. The first kappa shape index (κ1) is 12.5. The Morgan fingerprint density at radius 2 is 2.20 bits per heavy atom. The average molecular weight is 215 g/mol. The molecule has 4 nitrogen and oxygen atoms in total. The third-order valence-electron chi connectivity index (χ3n) is 2.47. The highest BCUT2D eigenvalue weighted by atomic mass is 16.5. The molecule has 1 saturated heterocycles. The zero-order chi connectivity index (χ0) is 11.4. The van der Waals surface area contributed by atoms with Crippen LogP contribution in [0.4, 0.5) is 0 Å². The highest BCUT2D eigenvalue weighted by Gasteiger charge is 2.27. The van der Waals surface area contributed by atoms with E-state index in [9.17, 15) is 4.79 Å². The third kappa shape index (κ3) is 3.80. The van der Waals surface area contributed by atoms with Crippen molar-refractivity contribution in [1.82, 2.24) is 4.90 Å². The molecule has 2 unspecified atom stereocenters. The number of aliphatic hydroxyl groups excluding tert-OH is 1. The number of hydrogen-bond donors (Lipinski definition) is 1. The van der Waals surface area contributed by atoms with Gasteiger partial charge in [0, 0.05) is 19.5 Å². The summed E-state index contributed by atoms with van der Waals surface area (Å²) in [4.78, 5) is 13.6. The molecule has 1 amide bonds. The van der Waals surface area contributed by atoms with Gasteiger partial charge in [0.25, 0.3) is 0 Å². The second-order valence-electron chi connectivity index (χ2n) is 4.65. The van der Waals surface area contributed by atoms with Crippen LogP contribution in [0.25, 0.3) is 0 Å². The van der Waals surface area contributed by atoms with E-state index in [2.05, 4.69) is 0 Å². The number of rotatable bonds is 3. The first-order chi connectivity index (χ1) is 7.02. The van der Waals surface area contributed by atoms with E-state index in [1.165, 1.54) is 0 Å². The Bertz CT molecular complexity index is 218. The van der Waals surface area contributed by atoms with Gasteiger partial charge >= 0.3 is 0 Å². The largest absolute Gasteiger partial charge is 0.394 e. The van der Waals surface area contributed by atoms with Crippen molar-refractivity contribution < 1.29 is 14.6 Å². The van der Waals surface area contributed by atoms with E-state index in [4.69, 9.17) is 9.84 Å². The molecule has 0 aromatic heterocycles. The number of morpholine rings is 1. The van der Waals surface area contributed by atoms with Crippen LogP contribution in [-0.4, -0.2) is 47.8 Å². The van der Waals surface area contributed by atoms with Gasteiger partial charge in [-0.15, -0.1) is 0 Å². The molecule has 0 aromatic carbocycles. The molecule has 0 bridgehead atoms. The van der Waals surface area contributed by atoms with Crippen molar-refractivity contribution >= 4 is 5.91 Å². The first-order valence-electron chi connectivity index (χ1n) is 5.57. The van der Waals surface area contributed by atoms with Crippen LogP contribution in [0.3, 0.4) is 0 Å². The predicted octanol–water partition coefficient (Wildman–Crippen LogP) is 0.641. The number of nitrogens with zero attached hydrogens (tertiary/aromatic N) is 1. The number of aliphatic hydroxyl groups is 1. The zero-order valence-corrected chi connectivity index (χ0v) is 9.77. The number of amides is 1. The number of ether oxygens (including phenoxy) is 1. The molecule has 15 heavy (non-hydrogen) atoms. The van der Waals surface area contributed by atoms with E-state index < -0.39 is 0 Å². The lowest BCUT2D eigenvalue weighted by Crippen LogP contribution is -2.50. The molecule has 1 fully saturated rings. The molecular formula is C11H21NO3. The second kappa shape index (κ2) is 5.47. The smallest absolute Gasteiger partial charge is 0.223 e. The number of carbonyl (C=O) groups excluding carboxylic acids is 1. The zero-order valence-electron chi connectivity index (χ0n) is 9.77. The van der Waals surface area contributed by atoms with Gasteiger partial charge in [0.1, 0.15) is 0 Å². The first-order valence-corrected chi connectivity index (χ1v) is 5.57. The lowest BCUT2D eigenvalue weighted by Gasteiger charge is -2.36. The van der Waals surface area contributed by atoms with Crippen LogP contribution in [-0.2, 0) is 9.53 Å². The summed E-state index contributed by atoms with van der Waals surface area (Å²) in [5.74, 6) is 0.543. The molecule has 1 aliphatic rings. The SMILES string of the molecule is CC(C)CC(=O)N1CC(C)OC(CO)C1. The molecule has 1 rings (SSSR count). The summed E-state index contributed by atoms with van der Waals surface area (Å²) in [5.41, 5.74) is 0. The minimum atomic E-state index is -0.218. The Morgan fingerprint density at radius 1 is 1.53 bits per heavy atom. The van der Waals surface area contributed by atoms with E-state index in [-0.39, 0.29) is 24.7 Å². The molecule has 1 N–H and O–H groups in total. The van der Waals surface area contributed by atoms with Crippen molar-refractivity contribution in [3.05, 3.63) is 0 Å². The van der Waals surface area contributed by atoms with Crippen LogP contribution < -0.4 is 0 Å². The molecule has 0 radical (unpaired) electrons. The van der Waals surface area contributed by atoms with Crippen LogP contribution in [0.2, 0.25) is 0 Å². The normalized spacial score (nSPS) is 27.1. The van der Waals surface area contributed by atoms with Crippen LogP contribution in [0, 0.1) is 5.92 Å². The molecule has 4 heteroatoms. The highest BCUT2D eigenvalue weighted by Crippen LogP contribution is 2.13. The molecule has 0 aliphatic carbocycles. The van der Waals surface area contributed by atoms with Crippen LogP contribution in [0.5, 0.6) is 0 Å². The van der Waals surface area contributed by atoms with Crippen molar-refractivity contribution in [3.63, 3.8) is 0 Å². The quantitative estimate of drug-likeness (QED) is 0.751. The molecule has 0 saturated carbocycles. The molecular weight excluding hydrogens is 194 g/mol. The van der Waals surface area contributed by atoms with E-state index in [1.54, 1.807) is 4.90 Å². The minimum Gasteiger partial charge on any atom is -0.394 e. The average Bonchev–Trinajstić information content (AvgIpc) is 2.15. The lowest BCUT2D eigenvalue weighted by molar-refractivity contribution is -0.147. The topological polar surface area (TPSA) is 49.8 Å². The summed E-state index contributed by atoms with van der Waals surface area (Å²) >= 11 is 0. The Morgan fingerprint density at radius 3 is 2.73 bits per heavy atom. The van der Waals surface area contributed by atoms with Crippen molar-refractivity contribution in [3.8, 4) is 0 Å². The molecule has 0 aromatic rings. The number of carbonyl (C=O) groups is 1. The van der Waals surface area contributed by atoms with Gasteiger partial charge in [-0.3, -0.25) is 4.79 Å². The van der Waals surface area contributed by atoms with Gasteiger partial charge < -0.3 is 14.7 Å². The standard InChI is InChI=1S/C11H21NO3/c1-8(2)4-11(14)12-5-9(3)15-10(6-12)7-13/h8-10,13H,4-7H2,1-3H3. The van der Waals surface area contributed by atoms with Crippen molar-refractivity contribution in [2.24, 2.45) is 5.92 Å². The molecule has 1 aliphatic heterocycles. The van der Waals surface area contributed by atoms with Gasteiger partial charge in [0.2, 0.25) is 5.91 Å². The fraction of sp³-hybridized carbons (Fsp3) is 0.909. The van der Waals surface area contributed by atoms with Gasteiger partial charge in [0.15, 0.2) is 0 Å². The summed E-state index contributed by atoms with van der Waals surface area (Å²) in [6.45, 7) is 7.14. The molecule has 2 atom stereocenters. The van der Waals surface area contributed by atoms with E-state index >= 15 is 0 Å². The van der Waals surface area contributed by atoms with E-state index in [0.29, 0.717) is 25.4 Å². The highest BCUT2D eigenvalue weighted by molar-refractivity contribution is 5.76. The summed E-state index contributed by atoms with van der Waals surface area (Å²) in [5, 5.41) is 9.03. The van der Waals surface area contributed by atoms with Gasteiger partial charge in [-0.2, -0.15) is 0 Å². The van der Waals surface area contributed by atoms with Gasteiger partial charge in [-0.25, -0.2) is 0 Å². The van der Waals surface area contributed by atoms with Crippen LogP contribution >= 0.6 is 0 Å². The lowest BCUT2D eigenvalue weighted by atomic mass is 10.1. The van der Waals surface area contributed by atoms with Crippen molar-refractivity contribution in [1.29, 1.82) is 0 Å². The van der Waals surface area contributed by atoms with Crippen molar-refractivity contribution in [2.75, 3.05) is 19.7 Å². The molecule has 88 valence electrons. The van der Waals surface area contributed by atoms with Crippen LogP contribution in [0.1, 0.15) is 27.2 Å². The fourth-order valence-electron chi connectivity index (χ4n) is 1.83. The molecule has 0 spiro atoms. The summed E-state index contributed by atoms with van der Waals surface area (Å²) < 4.78 is 5.48. The maximum Gasteiger partial charge on any atom is 0.223 e. The van der Waals surface area contributed by atoms with Gasteiger partial charge in [-0.05, 0) is 12.8 Å². The van der Waals surface area contributed by atoms with Gasteiger partial charge in [-0.1, -0.05) is 13.8 Å². The van der Waals surface area contributed by atoms with Crippen LogP contribution in [0.15, 0.2) is 0 Å². The van der Waals surface area contributed by atoms with E-state index in [0.717, 1.165) is 0 Å². The Hall–Kier alpha value is -0.610. The Labute approximate surface area is 91.2 Å². The minimum absolute atomic E-state index is 0.0181. The van der Waals surface area contributed by atoms with E-state index in [1.807, 2.05) is 20.8 Å². The molecule has 1 heterocycles.